The Morgan fingerprint density at radius 1 is 1.05 bits per heavy atom. The van der Waals surface area contributed by atoms with E-state index in [0.717, 1.165) is 25.9 Å². The molecule has 0 aromatic carbocycles. The van der Waals surface area contributed by atoms with Crippen molar-refractivity contribution in [3.05, 3.63) is 0 Å². The van der Waals surface area contributed by atoms with E-state index in [1.807, 2.05) is 0 Å². The Labute approximate surface area is 151 Å². The van der Waals surface area contributed by atoms with Gasteiger partial charge in [0.05, 0.1) is 13.2 Å². The summed E-state index contributed by atoms with van der Waals surface area (Å²) < 4.78 is 12.2. The van der Waals surface area contributed by atoms with E-state index in [4.69, 9.17) is 15.2 Å². The summed E-state index contributed by atoms with van der Waals surface area (Å²) >= 11 is 0. The molecule has 5 nitrogen and oxygen atoms in total. The number of guanidine groups is 1. The third-order valence-electron chi connectivity index (χ3n) is 4.92. The van der Waals surface area contributed by atoms with Gasteiger partial charge in [-0.25, -0.2) is 0 Å². The monoisotopic (exact) mass is 423 g/mol. The van der Waals surface area contributed by atoms with Crippen molar-refractivity contribution in [3.8, 4) is 0 Å². The van der Waals surface area contributed by atoms with Crippen LogP contribution in [0.2, 0.25) is 0 Å². The second kappa shape index (κ2) is 8.68. The van der Waals surface area contributed by atoms with Gasteiger partial charge in [0, 0.05) is 25.9 Å². The summed E-state index contributed by atoms with van der Waals surface area (Å²) in [6.45, 7) is 3.38. The van der Waals surface area contributed by atoms with E-state index in [-0.39, 0.29) is 35.9 Å². The molecule has 3 aliphatic rings. The van der Waals surface area contributed by atoms with Crippen LogP contribution in [-0.4, -0.2) is 49.0 Å². The van der Waals surface area contributed by atoms with Crippen molar-refractivity contribution in [2.45, 2.75) is 69.7 Å². The van der Waals surface area contributed by atoms with E-state index in [0.29, 0.717) is 19.1 Å². The SMILES string of the molecule is I.NC(=NCC1COC2(CCCCCC2)O1)N1CCCCC1. The molecule has 6 heteroatoms. The van der Waals surface area contributed by atoms with Crippen molar-refractivity contribution in [1.29, 1.82) is 0 Å². The van der Waals surface area contributed by atoms with Gasteiger partial charge in [-0.3, -0.25) is 4.99 Å². The number of nitrogens with two attached hydrogens (primary N) is 1. The number of hydrogen-bond acceptors (Lipinski definition) is 3. The lowest BCUT2D eigenvalue weighted by Gasteiger charge is -2.28. The summed E-state index contributed by atoms with van der Waals surface area (Å²) in [7, 11) is 0. The van der Waals surface area contributed by atoms with Gasteiger partial charge in [0.15, 0.2) is 11.7 Å². The van der Waals surface area contributed by atoms with Crippen LogP contribution in [0, 0.1) is 0 Å². The molecule has 1 unspecified atom stereocenters. The average Bonchev–Trinajstić information content (AvgIpc) is 2.77. The molecule has 2 aliphatic heterocycles. The van der Waals surface area contributed by atoms with Gasteiger partial charge < -0.3 is 20.1 Å². The zero-order valence-corrected chi connectivity index (χ0v) is 15.8. The Morgan fingerprint density at radius 2 is 1.68 bits per heavy atom. The highest BCUT2D eigenvalue weighted by molar-refractivity contribution is 14.0. The van der Waals surface area contributed by atoms with Crippen LogP contribution in [0.1, 0.15) is 57.8 Å². The molecule has 1 atom stereocenters. The molecule has 0 bridgehead atoms. The molecule has 22 heavy (non-hydrogen) atoms. The quantitative estimate of drug-likeness (QED) is 0.422. The topological polar surface area (TPSA) is 60.1 Å². The van der Waals surface area contributed by atoms with Gasteiger partial charge in [-0.15, -0.1) is 24.0 Å². The second-order valence-electron chi connectivity index (χ2n) is 6.62. The molecule has 3 rings (SSSR count). The average molecular weight is 423 g/mol. The third-order valence-corrected chi connectivity index (χ3v) is 4.92. The van der Waals surface area contributed by atoms with Crippen LogP contribution in [0.15, 0.2) is 4.99 Å². The Morgan fingerprint density at radius 3 is 2.36 bits per heavy atom. The Balaban J connectivity index is 0.00000176. The van der Waals surface area contributed by atoms with Crippen LogP contribution in [0.4, 0.5) is 0 Å². The highest BCUT2D eigenvalue weighted by atomic mass is 127. The lowest BCUT2D eigenvalue weighted by Crippen LogP contribution is -2.41. The lowest BCUT2D eigenvalue weighted by molar-refractivity contribution is -0.174. The summed E-state index contributed by atoms with van der Waals surface area (Å²) in [5.41, 5.74) is 6.10. The van der Waals surface area contributed by atoms with Crippen LogP contribution < -0.4 is 5.73 Å². The highest BCUT2D eigenvalue weighted by Gasteiger charge is 2.41. The number of piperidine rings is 1. The molecular formula is C16H30IN3O2. The maximum atomic E-state index is 6.20. The van der Waals surface area contributed by atoms with Gasteiger partial charge in [-0.2, -0.15) is 0 Å². The molecule has 0 radical (unpaired) electrons. The van der Waals surface area contributed by atoms with Crippen LogP contribution in [-0.2, 0) is 9.47 Å². The van der Waals surface area contributed by atoms with Crippen molar-refractivity contribution in [2.75, 3.05) is 26.2 Å². The minimum Gasteiger partial charge on any atom is -0.370 e. The van der Waals surface area contributed by atoms with E-state index in [1.54, 1.807) is 0 Å². The van der Waals surface area contributed by atoms with Crippen LogP contribution >= 0.6 is 24.0 Å². The number of rotatable bonds is 2. The molecule has 3 fully saturated rings. The molecule has 0 aromatic heterocycles. The molecule has 128 valence electrons. The highest BCUT2D eigenvalue weighted by Crippen LogP contribution is 2.36. The summed E-state index contributed by atoms with van der Waals surface area (Å²) in [6, 6.07) is 0. The Kier molecular flexibility index (Phi) is 7.21. The molecule has 1 saturated carbocycles. The van der Waals surface area contributed by atoms with Gasteiger partial charge in [0.1, 0.15) is 6.10 Å². The molecular weight excluding hydrogens is 393 g/mol. The number of nitrogens with zero attached hydrogens (tertiary/aromatic N) is 2. The maximum Gasteiger partial charge on any atom is 0.191 e. The van der Waals surface area contributed by atoms with Gasteiger partial charge in [-0.1, -0.05) is 12.8 Å². The van der Waals surface area contributed by atoms with Crippen molar-refractivity contribution < 1.29 is 9.47 Å². The van der Waals surface area contributed by atoms with Gasteiger partial charge >= 0.3 is 0 Å². The van der Waals surface area contributed by atoms with E-state index in [2.05, 4.69) is 9.89 Å². The fourth-order valence-electron chi connectivity index (χ4n) is 3.65. The smallest absolute Gasteiger partial charge is 0.191 e. The standard InChI is InChI=1S/C16H29N3O2.HI/c17-15(19-10-6-3-7-11-19)18-12-14-13-20-16(21-14)8-4-1-2-5-9-16;/h14H,1-13H2,(H2,17,18);1H. The Hall–Kier alpha value is -0.0800. The second-order valence-corrected chi connectivity index (χ2v) is 6.62. The fraction of sp³-hybridized carbons (Fsp3) is 0.938. The molecule has 0 amide bonds. The summed E-state index contributed by atoms with van der Waals surface area (Å²) in [4.78, 5) is 6.74. The normalized spacial score (nSPS) is 29.2. The first-order valence-corrected chi connectivity index (χ1v) is 8.64. The molecule has 2 heterocycles. The van der Waals surface area contributed by atoms with Crippen molar-refractivity contribution in [3.63, 3.8) is 0 Å². The minimum absolute atomic E-state index is 0. The fourth-order valence-corrected chi connectivity index (χ4v) is 3.65. The van der Waals surface area contributed by atoms with E-state index in [9.17, 15) is 0 Å². The van der Waals surface area contributed by atoms with Crippen LogP contribution in [0.3, 0.4) is 0 Å². The molecule has 2 saturated heterocycles. The number of hydrogen-bond donors (Lipinski definition) is 1. The van der Waals surface area contributed by atoms with Crippen molar-refractivity contribution >= 4 is 29.9 Å². The van der Waals surface area contributed by atoms with Crippen LogP contribution in [0.5, 0.6) is 0 Å². The van der Waals surface area contributed by atoms with E-state index >= 15 is 0 Å². The molecule has 1 spiro atoms. The zero-order valence-electron chi connectivity index (χ0n) is 13.5. The van der Waals surface area contributed by atoms with E-state index < -0.39 is 0 Å². The van der Waals surface area contributed by atoms with Crippen molar-refractivity contribution in [2.24, 2.45) is 10.7 Å². The summed E-state index contributed by atoms with van der Waals surface area (Å²) in [5, 5.41) is 0. The number of halogens is 1. The predicted molar refractivity (Wildman–Crippen MR) is 98.6 cm³/mol. The van der Waals surface area contributed by atoms with Crippen LogP contribution in [0.25, 0.3) is 0 Å². The maximum absolute atomic E-state index is 6.20. The molecule has 2 N–H and O–H groups in total. The first-order chi connectivity index (χ1) is 10.3. The Bertz CT molecular complexity index is 364. The first-order valence-electron chi connectivity index (χ1n) is 8.64. The predicted octanol–water partition coefficient (Wildman–Crippen LogP) is 2.87. The van der Waals surface area contributed by atoms with Gasteiger partial charge in [0.25, 0.3) is 0 Å². The number of ether oxygens (including phenoxy) is 2. The molecule has 0 aromatic rings. The van der Waals surface area contributed by atoms with Crippen molar-refractivity contribution in [1.82, 2.24) is 4.90 Å². The largest absolute Gasteiger partial charge is 0.370 e. The number of likely N-dealkylation sites (tertiary alicyclic amines) is 1. The lowest BCUT2D eigenvalue weighted by atomic mass is 10.1. The van der Waals surface area contributed by atoms with E-state index in [1.165, 1.54) is 44.9 Å². The molecule has 1 aliphatic carbocycles. The summed E-state index contributed by atoms with van der Waals surface area (Å²) in [6.07, 6.45) is 10.9. The first kappa shape index (κ1) is 18.3. The van der Waals surface area contributed by atoms with Gasteiger partial charge in [-0.05, 0) is 32.1 Å². The number of aliphatic imine (C=N–C) groups is 1. The third kappa shape index (κ3) is 4.71. The minimum atomic E-state index is -0.309. The van der Waals surface area contributed by atoms with Gasteiger partial charge in [0.2, 0.25) is 0 Å². The zero-order chi connectivity index (χ0) is 14.5. The summed E-state index contributed by atoms with van der Waals surface area (Å²) in [5.74, 6) is 0.372.